The SMILES string of the molecule is Nc1cccc(CCCCC=O)c1Br. The molecule has 1 aromatic carbocycles. The Labute approximate surface area is 92.6 Å². The fourth-order valence-electron chi connectivity index (χ4n) is 1.34. The maximum atomic E-state index is 10.1. The molecule has 0 spiro atoms. The fraction of sp³-hybridized carbons (Fsp3) is 0.364. The van der Waals surface area contributed by atoms with Crippen molar-refractivity contribution in [2.45, 2.75) is 25.7 Å². The van der Waals surface area contributed by atoms with Crippen molar-refractivity contribution in [2.24, 2.45) is 0 Å². The van der Waals surface area contributed by atoms with Crippen LogP contribution >= 0.6 is 15.9 Å². The Kier molecular flexibility index (Phi) is 4.66. The number of carbonyl (C=O) groups is 1. The van der Waals surface area contributed by atoms with E-state index < -0.39 is 0 Å². The van der Waals surface area contributed by atoms with Gasteiger partial charge in [-0.1, -0.05) is 12.1 Å². The third kappa shape index (κ3) is 3.14. The molecule has 0 radical (unpaired) electrons. The maximum absolute atomic E-state index is 10.1. The quantitative estimate of drug-likeness (QED) is 0.500. The van der Waals surface area contributed by atoms with E-state index >= 15 is 0 Å². The van der Waals surface area contributed by atoms with Crippen molar-refractivity contribution >= 4 is 27.9 Å². The first-order valence-corrected chi connectivity index (χ1v) is 5.51. The third-order valence-electron chi connectivity index (χ3n) is 2.13. The number of nitrogen functional groups attached to an aromatic ring is 1. The van der Waals surface area contributed by atoms with Crippen LogP contribution < -0.4 is 5.73 Å². The average Bonchev–Trinajstić information content (AvgIpc) is 2.19. The Balaban J connectivity index is 2.50. The zero-order valence-electron chi connectivity index (χ0n) is 8.00. The van der Waals surface area contributed by atoms with E-state index in [2.05, 4.69) is 22.0 Å². The Morgan fingerprint density at radius 2 is 2.14 bits per heavy atom. The number of anilines is 1. The minimum Gasteiger partial charge on any atom is -0.398 e. The molecule has 0 saturated heterocycles. The highest BCUT2D eigenvalue weighted by Crippen LogP contribution is 2.25. The summed E-state index contributed by atoms with van der Waals surface area (Å²) in [5.41, 5.74) is 7.74. The highest BCUT2D eigenvalue weighted by molar-refractivity contribution is 9.10. The first-order chi connectivity index (χ1) is 6.75. The zero-order valence-corrected chi connectivity index (χ0v) is 9.59. The van der Waals surface area contributed by atoms with E-state index in [0.29, 0.717) is 6.42 Å². The summed E-state index contributed by atoms with van der Waals surface area (Å²) in [6.07, 6.45) is 4.57. The Bertz CT molecular complexity index is 312. The van der Waals surface area contributed by atoms with Gasteiger partial charge in [0.2, 0.25) is 0 Å². The van der Waals surface area contributed by atoms with Crippen molar-refractivity contribution in [2.75, 3.05) is 5.73 Å². The Hall–Kier alpha value is -0.830. The highest BCUT2D eigenvalue weighted by Gasteiger charge is 2.01. The molecule has 0 fully saturated rings. The lowest BCUT2D eigenvalue weighted by molar-refractivity contribution is -0.107. The van der Waals surface area contributed by atoms with Crippen LogP contribution in [0.15, 0.2) is 22.7 Å². The van der Waals surface area contributed by atoms with Crippen LogP contribution in [-0.2, 0) is 11.2 Å². The molecule has 0 amide bonds. The van der Waals surface area contributed by atoms with Gasteiger partial charge in [-0.2, -0.15) is 0 Å². The normalized spacial score (nSPS) is 10.1. The lowest BCUT2D eigenvalue weighted by Crippen LogP contribution is -1.93. The highest BCUT2D eigenvalue weighted by atomic mass is 79.9. The molecule has 3 heteroatoms. The van der Waals surface area contributed by atoms with E-state index in [9.17, 15) is 4.79 Å². The first-order valence-electron chi connectivity index (χ1n) is 4.72. The molecular formula is C11H14BrNO. The van der Waals surface area contributed by atoms with Gasteiger partial charge in [0.25, 0.3) is 0 Å². The van der Waals surface area contributed by atoms with E-state index in [1.54, 1.807) is 0 Å². The van der Waals surface area contributed by atoms with Crippen molar-refractivity contribution in [1.82, 2.24) is 0 Å². The molecule has 0 heterocycles. The number of hydrogen-bond acceptors (Lipinski definition) is 2. The van der Waals surface area contributed by atoms with Crippen LogP contribution in [0.2, 0.25) is 0 Å². The van der Waals surface area contributed by atoms with Crippen LogP contribution in [-0.4, -0.2) is 6.29 Å². The molecule has 0 aromatic heterocycles. The first kappa shape index (κ1) is 11.2. The molecule has 2 nitrogen and oxygen atoms in total. The molecule has 0 unspecified atom stereocenters. The van der Waals surface area contributed by atoms with Gasteiger partial charge in [-0.25, -0.2) is 0 Å². The van der Waals surface area contributed by atoms with Crippen LogP contribution in [0.3, 0.4) is 0 Å². The second-order valence-corrected chi connectivity index (χ2v) is 4.03. The van der Waals surface area contributed by atoms with Gasteiger partial charge in [-0.05, 0) is 46.8 Å². The van der Waals surface area contributed by atoms with Crippen molar-refractivity contribution in [3.8, 4) is 0 Å². The molecule has 0 aliphatic rings. The smallest absolute Gasteiger partial charge is 0.119 e. The number of carbonyl (C=O) groups excluding carboxylic acids is 1. The van der Waals surface area contributed by atoms with E-state index in [1.807, 2.05) is 12.1 Å². The van der Waals surface area contributed by atoms with Crippen molar-refractivity contribution in [3.63, 3.8) is 0 Å². The molecule has 2 N–H and O–H groups in total. The predicted octanol–water partition coefficient (Wildman–Crippen LogP) is 2.94. The summed E-state index contributed by atoms with van der Waals surface area (Å²) in [5.74, 6) is 0. The summed E-state index contributed by atoms with van der Waals surface area (Å²) in [5, 5.41) is 0. The standard InChI is InChI=1S/C11H14BrNO/c12-11-9(5-2-1-3-8-14)6-4-7-10(11)13/h4,6-8H,1-3,5,13H2. The van der Waals surface area contributed by atoms with Crippen LogP contribution in [0.1, 0.15) is 24.8 Å². The molecule has 14 heavy (non-hydrogen) atoms. The van der Waals surface area contributed by atoms with E-state index in [0.717, 1.165) is 35.7 Å². The van der Waals surface area contributed by atoms with Gasteiger partial charge in [0, 0.05) is 16.6 Å². The number of aldehydes is 1. The number of halogens is 1. The summed E-state index contributed by atoms with van der Waals surface area (Å²) in [6.45, 7) is 0. The fourth-order valence-corrected chi connectivity index (χ4v) is 1.80. The molecule has 0 saturated carbocycles. The molecule has 0 atom stereocenters. The van der Waals surface area contributed by atoms with Crippen molar-refractivity contribution in [1.29, 1.82) is 0 Å². The minimum absolute atomic E-state index is 0.653. The summed E-state index contributed by atoms with van der Waals surface area (Å²) in [4.78, 5) is 10.1. The van der Waals surface area contributed by atoms with Crippen LogP contribution in [0, 0.1) is 0 Å². The Morgan fingerprint density at radius 3 is 2.86 bits per heavy atom. The van der Waals surface area contributed by atoms with Gasteiger partial charge in [-0.15, -0.1) is 0 Å². The summed E-state index contributed by atoms with van der Waals surface area (Å²) >= 11 is 3.45. The monoisotopic (exact) mass is 255 g/mol. The van der Waals surface area contributed by atoms with Gasteiger partial charge in [0.15, 0.2) is 0 Å². The average molecular weight is 256 g/mol. The molecule has 0 aliphatic carbocycles. The van der Waals surface area contributed by atoms with E-state index in [1.165, 1.54) is 5.56 Å². The number of benzene rings is 1. The zero-order chi connectivity index (χ0) is 10.4. The van der Waals surface area contributed by atoms with Crippen LogP contribution in [0.4, 0.5) is 5.69 Å². The largest absolute Gasteiger partial charge is 0.398 e. The topological polar surface area (TPSA) is 43.1 Å². The van der Waals surface area contributed by atoms with Gasteiger partial charge in [0.1, 0.15) is 6.29 Å². The van der Waals surface area contributed by atoms with Gasteiger partial charge < -0.3 is 10.5 Å². The second kappa shape index (κ2) is 5.81. The third-order valence-corrected chi connectivity index (χ3v) is 3.09. The minimum atomic E-state index is 0.653. The van der Waals surface area contributed by atoms with Gasteiger partial charge in [0.05, 0.1) is 0 Å². The van der Waals surface area contributed by atoms with Crippen molar-refractivity contribution in [3.05, 3.63) is 28.2 Å². The van der Waals surface area contributed by atoms with E-state index in [4.69, 9.17) is 5.73 Å². The van der Waals surface area contributed by atoms with Crippen LogP contribution in [0.5, 0.6) is 0 Å². The molecule has 0 bridgehead atoms. The molecule has 0 aliphatic heterocycles. The summed E-state index contributed by atoms with van der Waals surface area (Å²) < 4.78 is 0.992. The number of hydrogen-bond donors (Lipinski definition) is 1. The maximum Gasteiger partial charge on any atom is 0.119 e. The summed E-state index contributed by atoms with van der Waals surface area (Å²) in [6, 6.07) is 5.88. The van der Waals surface area contributed by atoms with Gasteiger partial charge >= 0.3 is 0 Å². The number of aryl methyl sites for hydroxylation is 1. The van der Waals surface area contributed by atoms with Crippen molar-refractivity contribution < 1.29 is 4.79 Å². The molecular weight excluding hydrogens is 242 g/mol. The summed E-state index contributed by atoms with van der Waals surface area (Å²) in [7, 11) is 0. The lowest BCUT2D eigenvalue weighted by atomic mass is 10.1. The number of unbranched alkanes of at least 4 members (excludes halogenated alkanes) is 2. The molecule has 1 rings (SSSR count). The lowest BCUT2D eigenvalue weighted by Gasteiger charge is -2.05. The number of nitrogens with two attached hydrogens (primary N) is 1. The van der Waals surface area contributed by atoms with Crippen LogP contribution in [0.25, 0.3) is 0 Å². The second-order valence-electron chi connectivity index (χ2n) is 3.23. The predicted molar refractivity (Wildman–Crippen MR) is 62.2 cm³/mol. The Morgan fingerprint density at radius 1 is 1.36 bits per heavy atom. The number of rotatable bonds is 5. The molecule has 76 valence electrons. The molecule has 1 aromatic rings. The van der Waals surface area contributed by atoms with Gasteiger partial charge in [-0.3, -0.25) is 0 Å². The van der Waals surface area contributed by atoms with E-state index in [-0.39, 0.29) is 0 Å².